The molecule has 1 fully saturated rings. The highest BCUT2D eigenvalue weighted by Crippen LogP contribution is 2.32. The van der Waals surface area contributed by atoms with E-state index in [1.54, 1.807) is 19.5 Å². The van der Waals surface area contributed by atoms with Crippen LogP contribution in [0, 0.1) is 6.92 Å². The van der Waals surface area contributed by atoms with E-state index < -0.39 is 5.72 Å². The topological polar surface area (TPSA) is 88.8 Å². The zero-order valence-corrected chi connectivity index (χ0v) is 19.7. The van der Waals surface area contributed by atoms with E-state index in [2.05, 4.69) is 50.7 Å². The summed E-state index contributed by atoms with van der Waals surface area (Å²) in [7, 11) is 3.64. The molecule has 1 unspecified atom stereocenters. The van der Waals surface area contributed by atoms with Gasteiger partial charge in [-0.2, -0.15) is 10.1 Å². The van der Waals surface area contributed by atoms with Crippen LogP contribution in [0.15, 0.2) is 71.9 Å². The van der Waals surface area contributed by atoms with E-state index in [0.717, 1.165) is 47.1 Å². The molecule has 0 bridgehead atoms. The summed E-state index contributed by atoms with van der Waals surface area (Å²) in [5.74, 6) is 1.43. The summed E-state index contributed by atoms with van der Waals surface area (Å²) in [4.78, 5) is 11.2. The molecule has 176 valence electrons. The minimum atomic E-state index is -0.927. The van der Waals surface area contributed by atoms with Crippen LogP contribution in [0.2, 0.25) is 0 Å². The molecular formula is C25H29N7O2. The van der Waals surface area contributed by atoms with Crippen molar-refractivity contribution in [2.24, 2.45) is 12.0 Å². The van der Waals surface area contributed by atoms with Gasteiger partial charge in [-0.25, -0.2) is 0 Å². The Hall–Kier alpha value is -3.69. The van der Waals surface area contributed by atoms with Crippen molar-refractivity contribution < 1.29 is 9.47 Å². The zero-order chi connectivity index (χ0) is 23.5. The summed E-state index contributed by atoms with van der Waals surface area (Å²) >= 11 is 0. The summed E-state index contributed by atoms with van der Waals surface area (Å²) in [6.45, 7) is 4.89. The van der Waals surface area contributed by atoms with Crippen LogP contribution < -0.4 is 10.6 Å². The van der Waals surface area contributed by atoms with Gasteiger partial charge in [-0.3, -0.25) is 9.67 Å². The molecule has 1 saturated heterocycles. The van der Waals surface area contributed by atoms with Crippen molar-refractivity contribution in [1.82, 2.24) is 25.0 Å². The highest BCUT2D eigenvalue weighted by atomic mass is 16.5. The van der Waals surface area contributed by atoms with E-state index in [4.69, 9.17) is 14.5 Å². The van der Waals surface area contributed by atoms with Crippen molar-refractivity contribution in [1.29, 1.82) is 0 Å². The zero-order valence-electron chi connectivity index (χ0n) is 19.7. The second kappa shape index (κ2) is 9.28. The molecule has 9 nitrogen and oxygen atoms in total. The molecule has 2 aliphatic heterocycles. The first-order chi connectivity index (χ1) is 16.6. The SMILES string of the molecule is COC1(c2cccc(-c3nn(C)cc3C)c2)C=C(Nc2ccncc2)N=C(N2CCOCC2)N1. The van der Waals surface area contributed by atoms with Gasteiger partial charge in [0.15, 0.2) is 5.72 Å². The standard InChI is InChI=1S/C25H29N7O2/c1-18-17-31(2)30-23(18)19-5-4-6-20(15-19)25(33-3)16-22(27-21-7-9-26-10-8-21)28-24(29-25)32-11-13-34-14-12-32/h4-10,15-17H,11-14H2,1-3H3,(H,26,27)(H,28,29). The number of methoxy groups -OCH3 is 1. The average Bonchev–Trinajstić information content (AvgIpc) is 3.22. The summed E-state index contributed by atoms with van der Waals surface area (Å²) in [5.41, 5.74) is 4.02. The van der Waals surface area contributed by atoms with Gasteiger partial charge in [0.25, 0.3) is 0 Å². The summed E-state index contributed by atoms with van der Waals surface area (Å²) in [5, 5.41) is 11.6. The molecule has 3 aromatic rings. The number of pyridine rings is 1. The Morgan fingerprint density at radius 2 is 1.94 bits per heavy atom. The van der Waals surface area contributed by atoms with Crippen LogP contribution in [0.25, 0.3) is 11.3 Å². The van der Waals surface area contributed by atoms with Crippen molar-refractivity contribution in [2.45, 2.75) is 12.6 Å². The van der Waals surface area contributed by atoms with Crippen molar-refractivity contribution in [3.63, 3.8) is 0 Å². The van der Waals surface area contributed by atoms with E-state index in [-0.39, 0.29) is 0 Å². The van der Waals surface area contributed by atoms with Crippen LogP contribution in [-0.2, 0) is 22.2 Å². The Bertz CT molecular complexity index is 1220. The summed E-state index contributed by atoms with van der Waals surface area (Å²) in [6, 6.07) is 12.1. The lowest BCUT2D eigenvalue weighted by Gasteiger charge is -2.40. The second-order valence-corrected chi connectivity index (χ2v) is 8.41. The maximum absolute atomic E-state index is 6.18. The smallest absolute Gasteiger partial charge is 0.203 e. The fourth-order valence-electron chi connectivity index (χ4n) is 4.31. The number of nitrogens with one attached hydrogen (secondary N) is 2. The van der Waals surface area contributed by atoms with Crippen LogP contribution in [-0.4, -0.2) is 59.0 Å². The Morgan fingerprint density at radius 3 is 2.65 bits per heavy atom. The highest BCUT2D eigenvalue weighted by Gasteiger charge is 2.37. The van der Waals surface area contributed by atoms with Crippen LogP contribution in [0.3, 0.4) is 0 Å². The van der Waals surface area contributed by atoms with Gasteiger partial charge in [0, 0.05) is 68.7 Å². The monoisotopic (exact) mass is 459 g/mol. The molecule has 1 aromatic carbocycles. The lowest BCUT2D eigenvalue weighted by Crippen LogP contribution is -2.56. The molecule has 9 heteroatoms. The van der Waals surface area contributed by atoms with E-state index >= 15 is 0 Å². The average molecular weight is 460 g/mol. The van der Waals surface area contributed by atoms with E-state index in [9.17, 15) is 0 Å². The third-order valence-electron chi connectivity index (χ3n) is 6.03. The van der Waals surface area contributed by atoms with Crippen LogP contribution in [0.5, 0.6) is 0 Å². The number of ether oxygens (including phenoxy) is 2. The summed E-state index contributed by atoms with van der Waals surface area (Å²) < 4.78 is 13.6. The van der Waals surface area contributed by atoms with Crippen molar-refractivity contribution in [3.05, 3.63) is 78.0 Å². The highest BCUT2D eigenvalue weighted by molar-refractivity contribution is 5.84. The van der Waals surface area contributed by atoms with Crippen molar-refractivity contribution in [3.8, 4) is 11.3 Å². The molecule has 34 heavy (non-hydrogen) atoms. The Kier molecular flexibility index (Phi) is 6.04. The van der Waals surface area contributed by atoms with Gasteiger partial charge < -0.3 is 25.0 Å². The van der Waals surface area contributed by atoms with Crippen LogP contribution >= 0.6 is 0 Å². The Morgan fingerprint density at radius 1 is 1.15 bits per heavy atom. The second-order valence-electron chi connectivity index (χ2n) is 8.41. The van der Waals surface area contributed by atoms with Crippen LogP contribution in [0.4, 0.5) is 5.69 Å². The maximum atomic E-state index is 6.18. The van der Waals surface area contributed by atoms with Gasteiger partial charge >= 0.3 is 0 Å². The minimum absolute atomic E-state index is 0.659. The molecule has 0 amide bonds. The molecule has 0 radical (unpaired) electrons. The third-order valence-corrected chi connectivity index (χ3v) is 6.03. The number of benzene rings is 1. The van der Waals surface area contributed by atoms with Gasteiger partial charge in [-0.05, 0) is 30.7 Å². The minimum Gasteiger partial charge on any atom is -0.378 e. The molecule has 0 saturated carbocycles. The van der Waals surface area contributed by atoms with Crippen molar-refractivity contribution in [2.75, 3.05) is 38.7 Å². The number of anilines is 1. The number of nitrogens with zero attached hydrogens (tertiary/aromatic N) is 5. The molecule has 2 aromatic heterocycles. The van der Waals surface area contributed by atoms with E-state index in [1.165, 1.54) is 0 Å². The van der Waals surface area contributed by atoms with Gasteiger partial charge in [-0.1, -0.05) is 18.2 Å². The number of guanidine groups is 1. The number of hydrogen-bond acceptors (Lipinski definition) is 8. The predicted octanol–water partition coefficient (Wildman–Crippen LogP) is 2.83. The molecule has 2 aliphatic rings. The molecule has 0 aliphatic carbocycles. The van der Waals surface area contributed by atoms with E-state index in [0.29, 0.717) is 19.0 Å². The lowest BCUT2D eigenvalue weighted by atomic mass is 9.97. The number of aryl methyl sites for hydroxylation is 2. The van der Waals surface area contributed by atoms with Crippen LogP contribution in [0.1, 0.15) is 11.1 Å². The van der Waals surface area contributed by atoms with Gasteiger partial charge in [0.1, 0.15) is 5.82 Å². The van der Waals surface area contributed by atoms with E-state index in [1.807, 2.05) is 42.2 Å². The first-order valence-corrected chi connectivity index (χ1v) is 11.3. The number of aliphatic imine (C=N–C) groups is 1. The molecule has 0 spiro atoms. The Labute approximate surface area is 199 Å². The molecule has 4 heterocycles. The first-order valence-electron chi connectivity index (χ1n) is 11.3. The lowest BCUT2D eigenvalue weighted by molar-refractivity contribution is 0.00587. The number of aromatic nitrogens is 3. The largest absolute Gasteiger partial charge is 0.378 e. The van der Waals surface area contributed by atoms with Gasteiger partial charge in [0.2, 0.25) is 5.96 Å². The molecule has 1 atom stereocenters. The number of morpholine rings is 1. The fourth-order valence-corrected chi connectivity index (χ4v) is 4.31. The molecule has 5 rings (SSSR count). The third kappa shape index (κ3) is 4.40. The predicted molar refractivity (Wildman–Crippen MR) is 131 cm³/mol. The Balaban J connectivity index is 1.56. The normalized spacial score (nSPS) is 20.4. The van der Waals surface area contributed by atoms with Gasteiger partial charge in [0.05, 0.1) is 18.9 Å². The summed E-state index contributed by atoms with van der Waals surface area (Å²) in [6.07, 6.45) is 7.49. The van der Waals surface area contributed by atoms with Gasteiger partial charge in [-0.15, -0.1) is 0 Å². The molecule has 2 N–H and O–H groups in total. The number of hydrogen-bond donors (Lipinski definition) is 2. The fraction of sp³-hybridized carbons (Fsp3) is 0.320. The first kappa shape index (κ1) is 22.1. The van der Waals surface area contributed by atoms with Crippen molar-refractivity contribution >= 4 is 11.6 Å². The maximum Gasteiger partial charge on any atom is 0.203 e. The quantitative estimate of drug-likeness (QED) is 0.607. The molecular weight excluding hydrogens is 430 g/mol. The number of rotatable bonds is 5.